The molecule has 1 saturated heterocycles. The van der Waals surface area contributed by atoms with Crippen molar-refractivity contribution in [3.8, 4) is 0 Å². The van der Waals surface area contributed by atoms with Gasteiger partial charge in [0.1, 0.15) is 0 Å². The number of amides is 3. The van der Waals surface area contributed by atoms with Gasteiger partial charge in [0.05, 0.1) is 6.04 Å². The Morgan fingerprint density at radius 3 is 2.84 bits per heavy atom. The Morgan fingerprint density at radius 2 is 2.32 bits per heavy atom. The molecule has 0 aromatic carbocycles. The Balaban J connectivity index is 1.92. The summed E-state index contributed by atoms with van der Waals surface area (Å²) >= 11 is 1.25. The van der Waals surface area contributed by atoms with Crippen molar-refractivity contribution in [3.63, 3.8) is 0 Å². The molecule has 4 N–H and O–H groups in total. The molecule has 0 bridgehead atoms. The minimum absolute atomic E-state index is 0.127. The molecule has 2 rings (SSSR count). The summed E-state index contributed by atoms with van der Waals surface area (Å²) in [6.45, 7) is 0.364. The maximum absolute atomic E-state index is 11.7. The molecule has 1 fully saturated rings. The average molecular weight is 283 g/mol. The summed E-state index contributed by atoms with van der Waals surface area (Å²) in [4.78, 5) is 34.3. The molecule has 0 saturated carbocycles. The van der Waals surface area contributed by atoms with Crippen LogP contribution in [0.3, 0.4) is 0 Å². The van der Waals surface area contributed by atoms with E-state index in [4.69, 9.17) is 5.11 Å². The van der Waals surface area contributed by atoms with Gasteiger partial charge in [-0.2, -0.15) is 0 Å². The van der Waals surface area contributed by atoms with Gasteiger partial charge in [0.2, 0.25) is 5.91 Å². The first kappa shape index (κ1) is 13.3. The summed E-state index contributed by atoms with van der Waals surface area (Å²) in [6, 6.07) is 1.39. The van der Waals surface area contributed by atoms with E-state index in [2.05, 4.69) is 16.0 Å². The maximum atomic E-state index is 11.7. The Hall–Kier alpha value is -2.09. The number of carbonyl (C=O) groups excluding carboxylic acids is 2. The summed E-state index contributed by atoms with van der Waals surface area (Å²) in [5.41, 5.74) is 0. The quantitative estimate of drug-likeness (QED) is 0.626. The Morgan fingerprint density at radius 1 is 1.53 bits per heavy atom. The van der Waals surface area contributed by atoms with E-state index in [1.807, 2.05) is 0 Å². The Bertz CT molecular complexity index is 488. The standard InChI is InChI=1S/C11H13N3O4S/c15-8-4-6(5-12-8)13-11(18)14-9(10(16)17)7-2-1-3-19-7/h1-3,6,9H,4-5H2,(H,12,15)(H,16,17)(H2,13,14,18). The average Bonchev–Trinajstić information content (AvgIpc) is 2.97. The highest BCUT2D eigenvalue weighted by Crippen LogP contribution is 2.19. The number of carboxylic acid groups (broad SMARTS) is 1. The first-order chi connectivity index (χ1) is 9.06. The van der Waals surface area contributed by atoms with Gasteiger partial charge in [-0.1, -0.05) is 6.07 Å². The van der Waals surface area contributed by atoms with E-state index in [0.717, 1.165) is 0 Å². The Kier molecular flexibility index (Phi) is 4.00. The highest BCUT2D eigenvalue weighted by molar-refractivity contribution is 7.10. The van der Waals surface area contributed by atoms with Crippen molar-refractivity contribution in [1.82, 2.24) is 16.0 Å². The van der Waals surface area contributed by atoms with Crippen LogP contribution < -0.4 is 16.0 Å². The lowest BCUT2D eigenvalue weighted by atomic mass is 10.2. The number of thiophene rings is 1. The summed E-state index contributed by atoms with van der Waals surface area (Å²) in [5, 5.41) is 18.4. The third kappa shape index (κ3) is 3.44. The third-order valence-corrected chi connectivity index (χ3v) is 3.60. The second kappa shape index (κ2) is 5.70. The van der Waals surface area contributed by atoms with Crippen LogP contribution in [0.1, 0.15) is 17.3 Å². The molecule has 8 heteroatoms. The molecule has 0 aliphatic carbocycles. The van der Waals surface area contributed by atoms with Gasteiger partial charge in [-0.15, -0.1) is 11.3 Å². The number of hydrogen-bond donors (Lipinski definition) is 4. The van der Waals surface area contributed by atoms with Gasteiger partial charge in [-0.25, -0.2) is 9.59 Å². The van der Waals surface area contributed by atoms with E-state index in [0.29, 0.717) is 11.4 Å². The van der Waals surface area contributed by atoms with Crippen LogP contribution in [0.15, 0.2) is 17.5 Å². The lowest BCUT2D eigenvalue weighted by molar-refractivity contribution is -0.139. The van der Waals surface area contributed by atoms with Crippen LogP contribution >= 0.6 is 11.3 Å². The van der Waals surface area contributed by atoms with E-state index >= 15 is 0 Å². The van der Waals surface area contributed by atoms with Gasteiger partial charge in [0.15, 0.2) is 6.04 Å². The molecule has 2 unspecified atom stereocenters. The number of nitrogens with one attached hydrogen (secondary N) is 3. The number of hydrogen-bond acceptors (Lipinski definition) is 4. The van der Waals surface area contributed by atoms with Crippen molar-refractivity contribution in [1.29, 1.82) is 0 Å². The molecular formula is C11H13N3O4S. The van der Waals surface area contributed by atoms with Crippen molar-refractivity contribution in [3.05, 3.63) is 22.4 Å². The second-order valence-electron chi connectivity index (χ2n) is 4.11. The molecule has 1 aliphatic rings. The molecule has 0 radical (unpaired) electrons. The lowest BCUT2D eigenvalue weighted by Gasteiger charge is -2.16. The monoisotopic (exact) mass is 283 g/mol. The van der Waals surface area contributed by atoms with Gasteiger partial charge in [0, 0.05) is 17.8 Å². The van der Waals surface area contributed by atoms with Crippen molar-refractivity contribution in [2.75, 3.05) is 6.54 Å². The van der Waals surface area contributed by atoms with Crippen LogP contribution in [0.25, 0.3) is 0 Å². The molecule has 2 atom stereocenters. The predicted molar refractivity (Wildman–Crippen MR) is 67.8 cm³/mol. The van der Waals surface area contributed by atoms with Crippen LogP contribution in [-0.4, -0.2) is 35.6 Å². The van der Waals surface area contributed by atoms with Gasteiger partial charge in [-0.3, -0.25) is 4.79 Å². The maximum Gasteiger partial charge on any atom is 0.331 e. The van der Waals surface area contributed by atoms with Gasteiger partial charge < -0.3 is 21.1 Å². The van der Waals surface area contributed by atoms with E-state index in [-0.39, 0.29) is 18.4 Å². The SMILES string of the molecule is O=C1CC(NC(=O)NC(C(=O)O)c2cccs2)CN1. The fourth-order valence-electron chi connectivity index (χ4n) is 1.78. The minimum atomic E-state index is -1.13. The second-order valence-corrected chi connectivity index (χ2v) is 5.09. The number of carbonyl (C=O) groups is 3. The number of carboxylic acids is 1. The smallest absolute Gasteiger partial charge is 0.331 e. The fourth-order valence-corrected chi connectivity index (χ4v) is 2.54. The summed E-state index contributed by atoms with van der Waals surface area (Å²) in [5.74, 6) is -1.25. The zero-order valence-electron chi connectivity index (χ0n) is 9.88. The van der Waals surface area contributed by atoms with E-state index < -0.39 is 18.0 Å². The fraction of sp³-hybridized carbons (Fsp3) is 0.364. The van der Waals surface area contributed by atoms with E-state index in [9.17, 15) is 14.4 Å². The van der Waals surface area contributed by atoms with Crippen LogP contribution in [0.2, 0.25) is 0 Å². The predicted octanol–water partition coefficient (Wildman–Crippen LogP) is 0.0615. The minimum Gasteiger partial charge on any atom is -0.479 e. The van der Waals surface area contributed by atoms with Crippen LogP contribution in [0.5, 0.6) is 0 Å². The topological polar surface area (TPSA) is 108 Å². The molecular weight excluding hydrogens is 270 g/mol. The van der Waals surface area contributed by atoms with Gasteiger partial charge >= 0.3 is 12.0 Å². The first-order valence-corrected chi connectivity index (χ1v) is 6.54. The van der Waals surface area contributed by atoms with E-state index in [1.54, 1.807) is 17.5 Å². The van der Waals surface area contributed by atoms with Crippen LogP contribution in [-0.2, 0) is 9.59 Å². The molecule has 102 valence electrons. The summed E-state index contributed by atoms with van der Waals surface area (Å²) in [6.07, 6.45) is 0.212. The lowest BCUT2D eigenvalue weighted by Crippen LogP contribution is -2.45. The molecule has 0 spiro atoms. The largest absolute Gasteiger partial charge is 0.479 e. The molecule has 2 heterocycles. The Labute approximate surface area is 113 Å². The molecule has 1 aromatic rings. The summed E-state index contributed by atoms with van der Waals surface area (Å²) < 4.78 is 0. The van der Waals surface area contributed by atoms with E-state index in [1.165, 1.54) is 11.3 Å². The number of urea groups is 1. The highest BCUT2D eigenvalue weighted by Gasteiger charge is 2.26. The molecule has 7 nitrogen and oxygen atoms in total. The first-order valence-electron chi connectivity index (χ1n) is 5.66. The molecule has 1 aromatic heterocycles. The zero-order valence-corrected chi connectivity index (χ0v) is 10.7. The number of rotatable bonds is 4. The van der Waals surface area contributed by atoms with Crippen molar-refractivity contribution < 1.29 is 19.5 Å². The highest BCUT2D eigenvalue weighted by atomic mass is 32.1. The zero-order chi connectivity index (χ0) is 13.8. The molecule has 1 aliphatic heterocycles. The molecule has 19 heavy (non-hydrogen) atoms. The number of aliphatic carboxylic acids is 1. The van der Waals surface area contributed by atoms with Gasteiger partial charge in [0.25, 0.3) is 0 Å². The summed E-state index contributed by atoms with van der Waals surface area (Å²) in [7, 11) is 0. The van der Waals surface area contributed by atoms with Gasteiger partial charge in [-0.05, 0) is 11.4 Å². The normalized spacial score (nSPS) is 19.6. The third-order valence-electron chi connectivity index (χ3n) is 2.66. The van der Waals surface area contributed by atoms with Crippen molar-refractivity contribution in [2.45, 2.75) is 18.5 Å². The molecule has 3 amide bonds. The van der Waals surface area contributed by atoms with Crippen LogP contribution in [0, 0.1) is 0 Å². The van der Waals surface area contributed by atoms with Crippen molar-refractivity contribution >= 4 is 29.2 Å². The van der Waals surface area contributed by atoms with Crippen LogP contribution in [0.4, 0.5) is 4.79 Å². The van der Waals surface area contributed by atoms with Crippen molar-refractivity contribution in [2.24, 2.45) is 0 Å².